The van der Waals surface area contributed by atoms with Crippen LogP contribution < -0.4 is 5.73 Å². The van der Waals surface area contributed by atoms with Crippen molar-refractivity contribution < 1.29 is 10.5 Å². The molecule has 0 saturated heterocycles. The topological polar surface area (TPSA) is 48.0 Å². The largest absolute Gasteiger partial charge is 0.357 e. The number of nitrogens with zero attached hydrogens (tertiary/aromatic N) is 1. The number of carbonyl (C=O) groups is 1. The summed E-state index contributed by atoms with van der Waals surface area (Å²) in [4.78, 5) is 14.8. The Hall–Kier alpha value is -0.770. The first-order chi connectivity index (χ1) is 9.51. The molecule has 5 heteroatoms. The van der Waals surface area contributed by atoms with Gasteiger partial charge in [-0.05, 0) is 38.0 Å². The molecule has 1 fully saturated rings. The molecule has 1 saturated carbocycles. The first-order valence-corrected chi connectivity index (χ1v) is 7.81. The van der Waals surface area contributed by atoms with Gasteiger partial charge in [-0.15, -0.1) is 0 Å². The van der Waals surface area contributed by atoms with Gasteiger partial charge < -0.3 is 10.6 Å². The Bertz CT molecular complexity index is 517. The molecule has 0 aliphatic heterocycles. The van der Waals surface area contributed by atoms with E-state index in [4.69, 9.17) is 23.2 Å². The van der Waals surface area contributed by atoms with Crippen LogP contribution in [0.1, 0.15) is 25.8 Å². The molecule has 110 valence electrons. The predicted molar refractivity (Wildman–Crippen MR) is 81.9 cm³/mol. The van der Waals surface area contributed by atoms with Crippen LogP contribution in [0, 0.1) is 5.92 Å². The normalized spacial score (nSPS) is 24.6. The van der Waals surface area contributed by atoms with Crippen LogP contribution >= 0.6 is 23.2 Å². The minimum absolute atomic E-state index is 0.189. The Morgan fingerprint density at radius 2 is 2.00 bits per heavy atom. The van der Waals surface area contributed by atoms with E-state index in [0.29, 0.717) is 16.0 Å². The van der Waals surface area contributed by atoms with E-state index in [1.54, 1.807) is 6.07 Å². The third-order valence-electron chi connectivity index (χ3n) is 4.32. The van der Waals surface area contributed by atoms with Crippen molar-refractivity contribution >= 4 is 29.1 Å². The van der Waals surface area contributed by atoms with Crippen molar-refractivity contribution in [2.45, 2.75) is 25.7 Å². The maximum Gasteiger partial charge on any atom is 0.233 e. The molecule has 3 nitrogen and oxygen atoms in total. The van der Waals surface area contributed by atoms with E-state index in [-0.39, 0.29) is 5.91 Å². The molecule has 1 aromatic rings. The first kappa shape index (κ1) is 15.6. The van der Waals surface area contributed by atoms with E-state index >= 15 is 0 Å². The van der Waals surface area contributed by atoms with Gasteiger partial charge in [0.1, 0.15) is 0 Å². The zero-order chi connectivity index (χ0) is 14.9. The fraction of sp³-hybridized carbons (Fsp3) is 0.533. The van der Waals surface area contributed by atoms with Gasteiger partial charge in [-0.1, -0.05) is 29.3 Å². The van der Waals surface area contributed by atoms with Gasteiger partial charge in [0.25, 0.3) is 0 Å². The number of hydrogen-bond donors (Lipinski definition) is 1. The Morgan fingerprint density at radius 1 is 1.35 bits per heavy atom. The smallest absolute Gasteiger partial charge is 0.233 e. The zero-order valence-corrected chi connectivity index (χ0v) is 13.5. The predicted octanol–water partition coefficient (Wildman–Crippen LogP) is 2.36. The highest BCUT2D eigenvalue weighted by Gasteiger charge is 2.62. The number of quaternary nitrogens is 1. The van der Waals surface area contributed by atoms with Gasteiger partial charge in [-0.3, -0.25) is 4.79 Å². The van der Waals surface area contributed by atoms with Crippen molar-refractivity contribution in [2.75, 3.05) is 19.6 Å². The van der Waals surface area contributed by atoms with Crippen molar-refractivity contribution in [1.82, 2.24) is 4.90 Å². The van der Waals surface area contributed by atoms with Crippen molar-refractivity contribution in [1.29, 1.82) is 0 Å². The second kappa shape index (κ2) is 5.92. The number of rotatable bonds is 5. The summed E-state index contributed by atoms with van der Waals surface area (Å²) in [5.74, 6) is 0.488. The van der Waals surface area contributed by atoms with Crippen LogP contribution in [0.5, 0.6) is 0 Å². The number of halogens is 2. The average Bonchev–Trinajstić information content (AvgIpc) is 3.19. The van der Waals surface area contributed by atoms with Gasteiger partial charge in [0.05, 0.1) is 22.0 Å². The van der Waals surface area contributed by atoms with Crippen LogP contribution in [0.2, 0.25) is 10.0 Å². The molecule has 0 unspecified atom stereocenters. The van der Waals surface area contributed by atoms with E-state index in [1.165, 1.54) is 0 Å². The third kappa shape index (κ3) is 2.43. The maximum atomic E-state index is 12.9. The number of amides is 1. The number of carbonyl (C=O) groups excluding carboxylic acids is 1. The van der Waals surface area contributed by atoms with Crippen LogP contribution in [-0.2, 0) is 10.2 Å². The standard InChI is InChI=1S/C15H20Cl2N2O/c1-3-19(4-2)14(20)15(8-11(15)9-18)10-5-6-12(16)13(17)7-10/h5-7,11H,3-4,8-9,18H2,1-2H3/p+1/t11-,15+/m1/s1. The number of hydrogen-bond acceptors (Lipinski definition) is 1. The summed E-state index contributed by atoms with van der Waals surface area (Å²) < 4.78 is 0. The maximum absolute atomic E-state index is 12.9. The lowest BCUT2D eigenvalue weighted by atomic mass is 9.91. The van der Waals surface area contributed by atoms with Crippen LogP contribution in [0.25, 0.3) is 0 Å². The summed E-state index contributed by atoms with van der Waals surface area (Å²) in [5, 5.41) is 1.03. The molecule has 0 bridgehead atoms. The molecule has 1 aliphatic carbocycles. The summed E-state index contributed by atoms with van der Waals surface area (Å²) in [6.45, 7) is 6.22. The first-order valence-electron chi connectivity index (χ1n) is 7.05. The second-order valence-corrected chi connectivity index (χ2v) is 6.08. The van der Waals surface area contributed by atoms with Crippen LogP contribution in [0.3, 0.4) is 0 Å². The lowest BCUT2D eigenvalue weighted by Crippen LogP contribution is -2.53. The lowest BCUT2D eigenvalue weighted by molar-refractivity contribution is -0.373. The van der Waals surface area contributed by atoms with Gasteiger partial charge in [0.15, 0.2) is 0 Å². The quantitative estimate of drug-likeness (QED) is 0.891. The Kier molecular flexibility index (Phi) is 4.62. The summed E-state index contributed by atoms with van der Waals surface area (Å²) in [5.41, 5.74) is 4.50. The molecule has 3 N–H and O–H groups in total. The SMILES string of the molecule is CCN(CC)C(=O)[C@]1(c2ccc(Cl)c(Cl)c2)C[C@@H]1C[NH3+]. The van der Waals surface area contributed by atoms with Crippen molar-refractivity contribution in [3.05, 3.63) is 33.8 Å². The van der Waals surface area contributed by atoms with E-state index in [9.17, 15) is 4.79 Å². The summed E-state index contributed by atoms with van der Waals surface area (Å²) in [7, 11) is 0. The van der Waals surface area contributed by atoms with Crippen molar-refractivity contribution in [2.24, 2.45) is 5.92 Å². The van der Waals surface area contributed by atoms with Gasteiger partial charge in [0.2, 0.25) is 5.91 Å². The Labute approximate surface area is 130 Å². The Balaban J connectivity index is 2.40. The van der Waals surface area contributed by atoms with Crippen molar-refractivity contribution in [3.8, 4) is 0 Å². The monoisotopic (exact) mass is 315 g/mol. The van der Waals surface area contributed by atoms with Crippen molar-refractivity contribution in [3.63, 3.8) is 0 Å². The molecule has 1 amide bonds. The van der Waals surface area contributed by atoms with Gasteiger partial charge in [-0.2, -0.15) is 0 Å². The highest BCUT2D eigenvalue weighted by atomic mass is 35.5. The average molecular weight is 316 g/mol. The molecule has 1 aliphatic rings. The second-order valence-electron chi connectivity index (χ2n) is 5.27. The van der Waals surface area contributed by atoms with Gasteiger partial charge in [0, 0.05) is 19.0 Å². The minimum atomic E-state index is -0.442. The molecule has 1 aromatic carbocycles. The molecule has 2 atom stereocenters. The van der Waals surface area contributed by atoms with Crippen LogP contribution in [-0.4, -0.2) is 30.4 Å². The molecular formula is C15H21Cl2N2O+. The van der Waals surface area contributed by atoms with E-state index in [2.05, 4.69) is 5.73 Å². The summed E-state index contributed by atoms with van der Waals surface area (Å²) in [6, 6.07) is 5.53. The van der Waals surface area contributed by atoms with E-state index < -0.39 is 5.41 Å². The Morgan fingerprint density at radius 3 is 2.45 bits per heavy atom. The van der Waals surface area contributed by atoms with E-state index in [0.717, 1.165) is 31.6 Å². The fourth-order valence-electron chi connectivity index (χ4n) is 2.98. The lowest BCUT2D eigenvalue weighted by Gasteiger charge is -2.26. The van der Waals surface area contributed by atoms with E-state index in [1.807, 2.05) is 30.9 Å². The molecule has 0 radical (unpaired) electrons. The molecule has 20 heavy (non-hydrogen) atoms. The summed E-state index contributed by atoms with van der Waals surface area (Å²) in [6.07, 6.45) is 0.851. The highest BCUT2D eigenvalue weighted by molar-refractivity contribution is 6.42. The molecule has 0 spiro atoms. The molecule has 2 rings (SSSR count). The number of benzene rings is 1. The highest BCUT2D eigenvalue weighted by Crippen LogP contribution is 2.55. The third-order valence-corrected chi connectivity index (χ3v) is 5.06. The van der Waals surface area contributed by atoms with Crippen LogP contribution in [0.15, 0.2) is 18.2 Å². The fourth-order valence-corrected chi connectivity index (χ4v) is 3.28. The molecular weight excluding hydrogens is 295 g/mol. The van der Waals surface area contributed by atoms with Gasteiger partial charge in [-0.25, -0.2) is 0 Å². The molecule has 0 heterocycles. The van der Waals surface area contributed by atoms with Gasteiger partial charge >= 0.3 is 0 Å². The number of likely N-dealkylation sites (N-methyl/N-ethyl adjacent to an activating group) is 1. The zero-order valence-electron chi connectivity index (χ0n) is 12.0. The molecule has 0 aromatic heterocycles. The summed E-state index contributed by atoms with van der Waals surface area (Å²) >= 11 is 12.1. The van der Waals surface area contributed by atoms with Crippen LogP contribution in [0.4, 0.5) is 0 Å². The minimum Gasteiger partial charge on any atom is -0.357 e.